The van der Waals surface area contributed by atoms with E-state index >= 15 is 0 Å². The summed E-state index contributed by atoms with van der Waals surface area (Å²) in [5.41, 5.74) is 1.45. The summed E-state index contributed by atoms with van der Waals surface area (Å²) < 4.78 is 5.22. The minimum atomic E-state index is -0.254. The predicted molar refractivity (Wildman–Crippen MR) is 112 cm³/mol. The number of hydrogen-bond acceptors (Lipinski definition) is 5. The van der Waals surface area contributed by atoms with Gasteiger partial charge in [0.2, 0.25) is 0 Å². The average molecular weight is 434 g/mol. The summed E-state index contributed by atoms with van der Waals surface area (Å²) in [6.45, 7) is 0.469. The van der Waals surface area contributed by atoms with Crippen LogP contribution in [-0.4, -0.2) is 29.8 Å². The lowest BCUT2D eigenvalue weighted by Crippen LogP contribution is -2.26. The number of nitrogens with one attached hydrogen (secondary N) is 1. The van der Waals surface area contributed by atoms with E-state index in [4.69, 9.17) is 27.9 Å². The number of carbonyl (C=O) groups is 1. The van der Waals surface area contributed by atoms with Crippen LogP contribution in [0.25, 0.3) is 0 Å². The molecule has 1 aromatic heterocycles. The quantitative estimate of drug-likeness (QED) is 0.572. The summed E-state index contributed by atoms with van der Waals surface area (Å²) in [4.78, 5) is 13.6. The first-order valence-corrected chi connectivity index (χ1v) is 10.00. The van der Waals surface area contributed by atoms with Crippen molar-refractivity contribution in [1.29, 1.82) is 0 Å². The van der Waals surface area contributed by atoms with Crippen LogP contribution in [0.3, 0.4) is 0 Å². The molecule has 28 heavy (non-hydrogen) atoms. The minimum Gasteiger partial charge on any atom is -0.497 e. The molecule has 0 radical (unpaired) electrons. The molecular weight excluding hydrogens is 417 g/mol. The Kier molecular flexibility index (Phi) is 7.14. The van der Waals surface area contributed by atoms with E-state index in [1.807, 2.05) is 36.4 Å². The second-order valence-corrected chi connectivity index (χ2v) is 7.69. The Bertz CT molecular complexity index is 968. The van der Waals surface area contributed by atoms with Gasteiger partial charge in [-0.05, 0) is 54.4 Å². The van der Waals surface area contributed by atoms with Gasteiger partial charge in [0.15, 0.2) is 5.15 Å². The lowest BCUT2D eigenvalue weighted by molar-refractivity contribution is 0.0950. The molecule has 0 saturated heterocycles. The van der Waals surface area contributed by atoms with Crippen LogP contribution in [-0.2, 0) is 6.42 Å². The van der Waals surface area contributed by atoms with Crippen molar-refractivity contribution in [2.45, 2.75) is 16.3 Å². The van der Waals surface area contributed by atoms with Gasteiger partial charge in [-0.25, -0.2) is 0 Å². The van der Waals surface area contributed by atoms with E-state index in [9.17, 15) is 4.79 Å². The molecule has 8 heteroatoms. The fraction of sp³-hybridized carbons (Fsp3) is 0.150. The zero-order valence-electron chi connectivity index (χ0n) is 15.0. The summed E-state index contributed by atoms with van der Waals surface area (Å²) in [5.74, 6) is 0.534. The fourth-order valence-corrected chi connectivity index (χ4v) is 3.56. The third-order valence-corrected chi connectivity index (χ3v) is 5.28. The number of nitrogens with zero attached hydrogens (tertiary/aromatic N) is 2. The summed E-state index contributed by atoms with van der Waals surface area (Å²) >= 11 is 13.2. The van der Waals surface area contributed by atoms with Crippen molar-refractivity contribution in [3.63, 3.8) is 0 Å². The van der Waals surface area contributed by atoms with Crippen LogP contribution >= 0.6 is 35.0 Å². The molecule has 0 aliphatic heterocycles. The lowest BCUT2D eigenvalue weighted by Gasteiger charge is -2.10. The second-order valence-electron chi connectivity index (χ2n) is 5.80. The molecule has 0 spiro atoms. The average Bonchev–Trinajstić information content (AvgIpc) is 2.71. The molecule has 1 amide bonds. The molecule has 2 aromatic carbocycles. The third-order valence-electron chi connectivity index (χ3n) is 3.84. The van der Waals surface area contributed by atoms with Gasteiger partial charge in [-0.2, -0.15) is 0 Å². The van der Waals surface area contributed by atoms with Gasteiger partial charge in [0.1, 0.15) is 10.8 Å². The number of benzene rings is 2. The van der Waals surface area contributed by atoms with Gasteiger partial charge in [-0.3, -0.25) is 4.79 Å². The molecule has 0 fully saturated rings. The Morgan fingerprint density at radius 1 is 1.11 bits per heavy atom. The first-order chi connectivity index (χ1) is 13.5. The van der Waals surface area contributed by atoms with Gasteiger partial charge in [0.25, 0.3) is 5.91 Å². The minimum absolute atomic E-state index is 0.165. The highest BCUT2D eigenvalue weighted by Gasteiger charge is 2.16. The third kappa shape index (κ3) is 5.61. The summed E-state index contributed by atoms with van der Waals surface area (Å²) in [5, 5.41) is 12.1. The summed E-state index contributed by atoms with van der Waals surface area (Å²) in [6, 6.07) is 16.5. The maximum absolute atomic E-state index is 12.7. The standard InChI is InChI=1S/C20H17Cl2N3O2S/c1-27-15-4-2-3-13(11-15)9-10-23-19(26)17-12-18(22)24-25-20(17)28-16-7-5-14(21)6-8-16/h2-8,11-12H,9-10H2,1H3,(H,23,26). The van der Waals surface area contributed by atoms with Gasteiger partial charge in [0.05, 0.1) is 12.7 Å². The highest BCUT2D eigenvalue weighted by molar-refractivity contribution is 7.99. The molecule has 3 aromatic rings. The molecule has 0 unspecified atom stereocenters. The Hall–Kier alpha value is -2.28. The van der Waals surface area contributed by atoms with Crippen LogP contribution in [0.5, 0.6) is 5.75 Å². The SMILES string of the molecule is COc1cccc(CCNC(=O)c2cc(Cl)nnc2Sc2ccc(Cl)cc2)c1. The summed E-state index contributed by atoms with van der Waals surface area (Å²) in [7, 11) is 1.63. The zero-order chi connectivity index (χ0) is 19.9. The molecule has 0 atom stereocenters. The number of rotatable bonds is 7. The van der Waals surface area contributed by atoms with Crippen molar-refractivity contribution < 1.29 is 9.53 Å². The van der Waals surface area contributed by atoms with Gasteiger partial charge in [-0.1, -0.05) is 47.1 Å². The van der Waals surface area contributed by atoms with E-state index in [1.165, 1.54) is 17.8 Å². The predicted octanol–water partition coefficient (Wildman–Crippen LogP) is 4.92. The van der Waals surface area contributed by atoms with Gasteiger partial charge < -0.3 is 10.1 Å². The number of methoxy groups -OCH3 is 1. The summed E-state index contributed by atoms with van der Waals surface area (Å²) in [6.07, 6.45) is 0.675. The smallest absolute Gasteiger partial charge is 0.254 e. The molecule has 1 heterocycles. The molecule has 1 N–H and O–H groups in total. The van der Waals surface area contributed by atoms with Crippen LogP contribution in [0.4, 0.5) is 0 Å². The number of hydrogen-bond donors (Lipinski definition) is 1. The number of amides is 1. The highest BCUT2D eigenvalue weighted by atomic mass is 35.5. The number of aromatic nitrogens is 2. The number of carbonyl (C=O) groups excluding carboxylic acids is 1. The molecular formula is C20H17Cl2N3O2S. The molecule has 0 aliphatic carbocycles. The Morgan fingerprint density at radius 2 is 1.89 bits per heavy atom. The maximum Gasteiger partial charge on any atom is 0.254 e. The highest BCUT2D eigenvalue weighted by Crippen LogP contribution is 2.30. The van der Waals surface area contributed by atoms with E-state index in [1.54, 1.807) is 19.2 Å². The monoisotopic (exact) mass is 433 g/mol. The van der Waals surface area contributed by atoms with E-state index in [2.05, 4.69) is 15.5 Å². The molecule has 0 saturated carbocycles. The topological polar surface area (TPSA) is 64.1 Å². The fourth-order valence-electron chi connectivity index (χ4n) is 2.45. The maximum atomic E-state index is 12.7. The van der Waals surface area contributed by atoms with E-state index in [0.717, 1.165) is 16.2 Å². The zero-order valence-corrected chi connectivity index (χ0v) is 17.3. The molecule has 144 valence electrons. The van der Waals surface area contributed by atoms with Crippen LogP contribution < -0.4 is 10.1 Å². The Labute approximate surface area is 177 Å². The first kappa shape index (κ1) is 20.5. The largest absolute Gasteiger partial charge is 0.497 e. The number of ether oxygens (including phenoxy) is 1. The van der Waals surface area contributed by atoms with Crippen LogP contribution in [0, 0.1) is 0 Å². The first-order valence-electron chi connectivity index (χ1n) is 8.43. The van der Waals surface area contributed by atoms with Crippen molar-refractivity contribution in [3.05, 3.63) is 75.9 Å². The van der Waals surface area contributed by atoms with Crippen molar-refractivity contribution in [1.82, 2.24) is 15.5 Å². The van der Waals surface area contributed by atoms with Gasteiger partial charge >= 0.3 is 0 Å². The van der Waals surface area contributed by atoms with Gasteiger partial charge in [-0.15, -0.1) is 10.2 Å². The van der Waals surface area contributed by atoms with E-state index in [-0.39, 0.29) is 11.1 Å². The van der Waals surface area contributed by atoms with E-state index < -0.39 is 0 Å². The van der Waals surface area contributed by atoms with Crippen LogP contribution in [0.15, 0.2) is 64.5 Å². The van der Waals surface area contributed by atoms with Crippen LogP contribution in [0.2, 0.25) is 10.2 Å². The molecule has 0 aliphatic rings. The normalized spacial score (nSPS) is 10.5. The molecule has 3 rings (SSSR count). The van der Waals surface area contributed by atoms with Crippen molar-refractivity contribution in [2.75, 3.05) is 13.7 Å². The van der Waals surface area contributed by atoms with Crippen molar-refractivity contribution in [2.24, 2.45) is 0 Å². The Morgan fingerprint density at radius 3 is 2.64 bits per heavy atom. The Balaban J connectivity index is 1.68. The molecule has 0 bridgehead atoms. The van der Waals surface area contributed by atoms with Crippen molar-refractivity contribution in [3.8, 4) is 5.75 Å². The van der Waals surface area contributed by atoms with Gasteiger partial charge in [0, 0.05) is 16.5 Å². The second kappa shape index (κ2) is 9.78. The lowest BCUT2D eigenvalue weighted by atomic mass is 10.1. The van der Waals surface area contributed by atoms with Crippen LogP contribution in [0.1, 0.15) is 15.9 Å². The van der Waals surface area contributed by atoms with Crippen molar-refractivity contribution >= 4 is 40.9 Å². The molecule has 5 nitrogen and oxygen atoms in total. The van der Waals surface area contributed by atoms with E-state index in [0.29, 0.717) is 28.6 Å². The number of halogens is 2.